The Hall–Kier alpha value is -1.76. The lowest BCUT2D eigenvalue weighted by Gasteiger charge is -2.25. The Balaban J connectivity index is 2.38. The van der Waals surface area contributed by atoms with Gasteiger partial charge in [-0.3, -0.25) is 4.68 Å². The minimum atomic E-state index is 0.181. The summed E-state index contributed by atoms with van der Waals surface area (Å²) in [4.78, 5) is 11.1. The number of aromatic nitrogens is 4. The maximum absolute atomic E-state index is 5.58. The zero-order valence-electron chi connectivity index (χ0n) is 10.7. The fourth-order valence-electron chi connectivity index (χ4n) is 1.87. The molecule has 96 valence electrons. The van der Waals surface area contributed by atoms with Crippen LogP contribution in [0.25, 0.3) is 11.0 Å². The first-order valence-corrected chi connectivity index (χ1v) is 6.05. The van der Waals surface area contributed by atoms with E-state index in [4.69, 9.17) is 18.0 Å². The average Bonchev–Trinajstić information content (AvgIpc) is 2.69. The van der Waals surface area contributed by atoms with E-state index in [1.807, 2.05) is 19.0 Å². The summed E-state index contributed by atoms with van der Waals surface area (Å²) in [6, 6.07) is 0.181. The lowest BCUT2D eigenvalue weighted by Crippen LogP contribution is -2.33. The van der Waals surface area contributed by atoms with Crippen LogP contribution in [-0.4, -0.2) is 37.8 Å². The van der Waals surface area contributed by atoms with E-state index in [0.29, 0.717) is 11.4 Å². The number of hydrogen-bond donors (Lipinski definition) is 1. The van der Waals surface area contributed by atoms with E-state index in [2.05, 4.69) is 22.0 Å². The summed E-state index contributed by atoms with van der Waals surface area (Å²) in [5, 5.41) is 5.12. The van der Waals surface area contributed by atoms with Crippen molar-refractivity contribution < 1.29 is 0 Å². The molecule has 0 amide bonds. The van der Waals surface area contributed by atoms with Crippen molar-refractivity contribution in [2.75, 3.05) is 11.9 Å². The quantitative estimate of drug-likeness (QED) is 0.826. The molecule has 0 saturated heterocycles. The van der Waals surface area contributed by atoms with Gasteiger partial charge in [-0.05, 0) is 6.92 Å². The number of hydrogen-bond acceptors (Lipinski definition) is 5. The van der Waals surface area contributed by atoms with Gasteiger partial charge in [0.1, 0.15) is 12.1 Å². The molecule has 0 spiro atoms. The summed E-state index contributed by atoms with van der Waals surface area (Å²) in [6.45, 7) is 2.06. The van der Waals surface area contributed by atoms with Crippen LogP contribution < -0.4 is 10.6 Å². The number of anilines is 1. The molecule has 6 nitrogen and oxygen atoms in total. The van der Waals surface area contributed by atoms with Crippen LogP contribution in [0.4, 0.5) is 5.82 Å². The number of rotatable bonds is 4. The van der Waals surface area contributed by atoms with Gasteiger partial charge in [-0.25, -0.2) is 9.97 Å². The van der Waals surface area contributed by atoms with E-state index in [-0.39, 0.29) is 6.04 Å². The monoisotopic (exact) mass is 264 g/mol. The van der Waals surface area contributed by atoms with Crippen molar-refractivity contribution in [1.82, 2.24) is 19.7 Å². The second-order valence-corrected chi connectivity index (χ2v) is 4.86. The van der Waals surface area contributed by atoms with Crippen molar-refractivity contribution in [2.45, 2.75) is 19.4 Å². The Morgan fingerprint density at radius 1 is 1.56 bits per heavy atom. The first kappa shape index (κ1) is 12.7. The number of aryl methyl sites for hydroxylation is 1. The third kappa shape index (κ3) is 2.26. The van der Waals surface area contributed by atoms with Gasteiger partial charge in [0.15, 0.2) is 5.65 Å². The van der Waals surface area contributed by atoms with E-state index in [1.54, 1.807) is 17.2 Å². The van der Waals surface area contributed by atoms with Crippen LogP contribution in [0, 0.1) is 0 Å². The van der Waals surface area contributed by atoms with Crippen LogP contribution in [0.1, 0.15) is 13.3 Å². The fraction of sp³-hybridized carbons (Fsp3) is 0.455. The molecule has 2 heterocycles. The minimum absolute atomic E-state index is 0.181. The van der Waals surface area contributed by atoms with Gasteiger partial charge in [0.05, 0.1) is 16.6 Å². The van der Waals surface area contributed by atoms with Crippen molar-refractivity contribution in [1.29, 1.82) is 0 Å². The Morgan fingerprint density at radius 3 is 2.94 bits per heavy atom. The Kier molecular flexibility index (Phi) is 3.42. The highest BCUT2D eigenvalue weighted by Crippen LogP contribution is 2.23. The molecule has 2 aromatic rings. The van der Waals surface area contributed by atoms with Crippen LogP contribution in [0.15, 0.2) is 12.5 Å². The molecular formula is C11H16N6S. The summed E-state index contributed by atoms with van der Waals surface area (Å²) < 4.78 is 1.73. The van der Waals surface area contributed by atoms with E-state index in [0.717, 1.165) is 16.9 Å². The zero-order valence-corrected chi connectivity index (χ0v) is 11.5. The van der Waals surface area contributed by atoms with Gasteiger partial charge >= 0.3 is 0 Å². The van der Waals surface area contributed by atoms with Crippen LogP contribution >= 0.6 is 12.2 Å². The van der Waals surface area contributed by atoms with Gasteiger partial charge < -0.3 is 10.6 Å². The molecule has 0 aliphatic heterocycles. The van der Waals surface area contributed by atoms with Gasteiger partial charge in [-0.1, -0.05) is 12.2 Å². The smallest absolute Gasteiger partial charge is 0.163 e. The molecule has 1 atom stereocenters. The maximum Gasteiger partial charge on any atom is 0.163 e. The highest BCUT2D eigenvalue weighted by Gasteiger charge is 2.16. The fourth-order valence-corrected chi connectivity index (χ4v) is 2.11. The number of nitrogens with zero attached hydrogens (tertiary/aromatic N) is 5. The molecule has 1 unspecified atom stereocenters. The van der Waals surface area contributed by atoms with Gasteiger partial charge in [0, 0.05) is 26.6 Å². The third-order valence-corrected chi connectivity index (χ3v) is 3.17. The predicted molar refractivity (Wildman–Crippen MR) is 75.6 cm³/mol. The van der Waals surface area contributed by atoms with Crippen molar-refractivity contribution in [3.8, 4) is 0 Å². The predicted octanol–water partition coefficient (Wildman–Crippen LogP) is 0.864. The molecule has 18 heavy (non-hydrogen) atoms. The SMILES string of the molecule is CC(CC(N)=S)N(C)c1ncnc2c1cnn2C. The van der Waals surface area contributed by atoms with Crippen molar-refractivity contribution in [3.05, 3.63) is 12.5 Å². The number of nitrogens with two attached hydrogens (primary N) is 1. The number of fused-ring (bicyclic) bond motifs is 1. The molecule has 2 aromatic heterocycles. The molecule has 0 fully saturated rings. The average molecular weight is 264 g/mol. The summed E-state index contributed by atoms with van der Waals surface area (Å²) >= 11 is 4.94. The maximum atomic E-state index is 5.58. The second kappa shape index (κ2) is 4.85. The van der Waals surface area contributed by atoms with E-state index in [1.165, 1.54) is 0 Å². The molecule has 2 rings (SSSR count). The summed E-state index contributed by atoms with van der Waals surface area (Å²) in [7, 11) is 3.83. The molecular weight excluding hydrogens is 248 g/mol. The van der Waals surface area contributed by atoms with E-state index < -0.39 is 0 Å². The standard InChI is InChI=1S/C11H16N6S/c1-7(4-9(12)18)16(2)10-8-5-15-17(3)11(8)14-6-13-10/h5-7H,4H2,1-3H3,(H2,12,18). The Bertz CT molecular complexity index is 578. The Morgan fingerprint density at radius 2 is 2.28 bits per heavy atom. The van der Waals surface area contributed by atoms with Gasteiger partial charge in [-0.2, -0.15) is 5.10 Å². The minimum Gasteiger partial charge on any atom is -0.393 e. The molecule has 0 aliphatic carbocycles. The molecule has 0 radical (unpaired) electrons. The summed E-state index contributed by atoms with van der Waals surface area (Å²) in [5.74, 6) is 0.844. The van der Waals surface area contributed by atoms with Crippen LogP contribution in [0.5, 0.6) is 0 Å². The summed E-state index contributed by atoms with van der Waals surface area (Å²) in [6.07, 6.45) is 3.97. The molecule has 7 heteroatoms. The topological polar surface area (TPSA) is 72.9 Å². The highest BCUT2D eigenvalue weighted by atomic mass is 32.1. The van der Waals surface area contributed by atoms with Crippen molar-refractivity contribution in [3.63, 3.8) is 0 Å². The van der Waals surface area contributed by atoms with Gasteiger partial charge in [0.25, 0.3) is 0 Å². The lowest BCUT2D eigenvalue weighted by atomic mass is 10.2. The van der Waals surface area contributed by atoms with Crippen molar-refractivity contribution >= 4 is 34.1 Å². The molecule has 0 bridgehead atoms. The van der Waals surface area contributed by atoms with Crippen molar-refractivity contribution in [2.24, 2.45) is 12.8 Å². The summed E-state index contributed by atoms with van der Waals surface area (Å²) in [5.41, 5.74) is 6.40. The molecule has 0 aromatic carbocycles. The molecule has 0 aliphatic rings. The molecule has 0 saturated carbocycles. The van der Waals surface area contributed by atoms with Crippen LogP contribution in [0.3, 0.4) is 0 Å². The van der Waals surface area contributed by atoms with Crippen LogP contribution in [0.2, 0.25) is 0 Å². The lowest BCUT2D eigenvalue weighted by molar-refractivity contribution is 0.707. The first-order chi connectivity index (χ1) is 8.50. The zero-order chi connectivity index (χ0) is 13.3. The largest absolute Gasteiger partial charge is 0.393 e. The second-order valence-electron chi connectivity index (χ2n) is 4.33. The number of thiocarbonyl (C=S) groups is 1. The van der Waals surface area contributed by atoms with E-state index in [9.17, 15) is 0 Å². The normalized spacial score (nSPS) is 12.6. The molecule has 2 N–H and O–H groups in total. The van der Waals surface area contributed by atoms with Gasteiger partial charge in [-0.15, -0.1) is 0 Å². The van der Waals surface area contributed by atoms with Crippen LogP contribution in [-0.2, 0) is 7.05 Å². The van der Waals surface area contributed by atoms with E-state index >= 15 is 0 Å². The van der Waals surface area contributed by atoms with Gasteiger partial charge in [0.2, 0.25) is 0 Å². The highest BCUT2D eigenvalue weighted by molar-refractivity contribution is 7.80. The first-order valence-electron chi connectivity index (χ1n) is 5.64. The Labute approximate surface area is 111 Å². The third-order valence-electron chi connectivity index (χ3n) is 3.00.